The lowest BCUT2D eigenvalue weighted by molar-refractivity contribution is -0.137. The minimum atomic E-state index is -1.05. The molecule has 0 aliphatic rings. The Hall–Kier alpha value is -1.75. The lowest BCUT2D eigenvalue weighted by Crippen LogP contribution is -2.36. The van der Waals surface area contributed by atoms with Crippen LogP contribution in [-0.2, 0) is 4.79 Å². The van der Waals surface area contributed by atoms with Gasteiger partial charge in [-0.3, -0.25) is 9.59 Å². The van der Waals surface area contributed by atoms with Gasteiger partial charge in [-0.1, -0.05) is 18.5 Å². The molecular weight excluding hydrogens is 270 g/mol. The van der Waals surface area contributed by atoms with Crippen LogP contribution in [0, 0.1) is 0 Å². The number of carboxylic acids is 1. The number of amides is 1. The van der Waals surface area contributed by atoms with Crippen LogP contribution in [0.4, 0.5) is 0 Å². The summed E-state index contributed by atoms with van der Waals surface area (Å²) in [6, 6.07) is 4.67. The van der Waals surface area contributed by atoms with Gasteiger partial charge in [0.15, 0.2) is 0 Å². The van der Waals surface area contributed by atoms with Gasteiger partial charge in [-0.25, -0.2) is 0 Å². The fourth-order valence-electron chi connectivity index (χ4n) is 1.70. The number of benzene rings is 1. The summed E-state index contributed by atoms with van der Waals surface area (Å²) in [5.41, 5.74) is 0.268. The zero-order chi connectivity index (χ0) is 14.4. The maximum Gasteiger partial charge on any atom is 0.323 e. The summed E-state index contributed by atoms with van der Waals surface area (Å²) in [6.45, 7) is 1.89. The molecule has 0 fully saturated rings. The molecule has 6 heteroatoms. The monoisotopic (exact) mass is 285 g/mol. The van der Waals surface area contributed by atoms with E-state index in [9.17, 15) is 9.59 Å². The number of methoxy groups -OCH3 is 1. The average molecular weight is 286 g/mol. The molecule has 0 atom stereocenters. The quantitative estimate of drug-likeness (QED) is 0.871. The van der Waals surface area contributed by atoms with E-state index in [4.69, 9.17) is 21.4 Å². The topological polar surface area (TPSA) is 66.8 Å². The minimum Gasteiger partial charge on any atom is -0.496 e. The van der Waals surface area contributed by atoms with E-state index in [1.165, 1.54) is 18.1 Å². The van der Waals surface area contributed by atoms with Gasteiger partial charge in [0.05, 0.1) is 12.7 Å². The number of hydrogen-bond donors (Lipinski definition) is 1. The SMILES string of the molecule is CCCN(CC(=O)O)C(=O)c1cc(Cl)ccc1OC. The van der Waals surface area contributed by atoms with E-state index in [0.717, 1.165) is 0 Å². The third-order valence-electron chi connectivity index (χ3n) is 2.50. The Labute approximate surface area is 116 Å². The third-order valence-corrected chi connectivity index (χ3v) is 2.73. The molecule has 1 N–H and O–H groups in total. The van der Waals surface area contributed by atoms with Gasteiger partial charge < -0.3 is 14.7 Å². The Bertz CT molecular complexity index is 476. The van der Waals surface area contributed by atoms with E-state index in [1.54, 1.807) is 12.1 Å². The van der Waals surface area contributed by atoms with E-state index in [0.29, 0.717) is 23.7 Å². The van der Waals surface area contributed by atoms with Crippen LogP contribution in [0.2, 0.25) is 5.02 Å². The summed E-state index contributed by atoms with van der Waals surface area (Å²) in [5.74, 6) is -1.08. The standard InChI is InChI=1S/C13H16ClNO4/c1-3-6-15(8-12(16)17)13(18)10-7-9(14)4-5-11(10)19-2/h4-5,7H,3,6,8H2,1-2H3,(H,16,17). The van der Waals surface area contributed by atoms with E-state index in [-0.39, 0.29) is 12.1 Å². The predicted molar refractivity (Wildman–Crippen MR) is 71.8 cm³/mol. The van der Waals surface area contributed by atoms with Crippen LogP contribution in [-0.4, -0.2) is 42.1 Å². The molecule has 0 unspecified atom stereocenters. The first-order valence-corrected chi connectivity index (χ1v) is 6.22. The summed E-state index contributed by atoms with van der Waals surface area (Å²) in [6.07, 6.45) is 0.669. The van der Waals surface area contributed by atoms with Crippen LogP contribution in [0.5, 0.6) is 5.75 Å². The molecule has 1 aromatic carbocycles. The Morgan fingerprint density at radius 3 is 2.63 bits per heavy atom. The molecule has 0 heterocycles. The van der Waals surface area contributed by atoms with Gasteiger partial charge in [0, 0.05) is 11.6 Å². The van der Waals surface area contributed by atoms with Gasteiger partial charge in [-0.05, 0) is 24.6 Å². The number of halogens is 1. The number of ether oxygens (including phenoxy) is 1. The van der Waals surface area contributed by atoms with Crippen molar-refractivity contribution < 1.29 is 19.4 Å². The van der Waals surface area contributed by atoms with Crippen molar-refractivity contribution in [1.29, 1.82) is 0 Å². The molecule has 1 amide bonds. The molecule has 104 valence electrons. The van der Waals surface area contributed by atoms with Crippen LogP contribution in [0.1, 0.15) is 23.7 Å². The van der Waals surface area contributed by atoms with Crippen molar-refractivity contribution in [3.05, 3.63) is 28.8 Å². The number of nitrogens with zero attached hydrogens (tertiary/aromatic N) is 1. The lowest BCUT2D eigenvalue weighted by Gasteiger charge is -2.21. The Balaban J connectivity index is 3.07. The van der Waals surface area contributed by atoms with Crippen molar-refractivity contribution in [3.63, 3.8) is 0 Å². The van der Waals surface area contributed by atoms with Gasteiger partial charge in [-0.15, -0.1) is 0 Å². The minimum absolute atomic E-state index is 0.268. The molecule has 0 bridgehead atoms. The van der Waals surface area contributed by atoms with Crippen molar-refractivity contribution >= 4 is 23.5 Å². The first-order chi connectivity index (χ1) is 8.99. The second-order valence-electron chi connectivity index (χ2n) is 3.97. The molecule has 0 saturated carbocycles. The van der Waals surface area contributed by atoms with E-state index < -0.39 is 11.9 Å². The summed E-state index contributed by atoms with van der Waals surface area (Å²) < 4.78 is 5.10. The van der Waals surface area contributed by atoms with Gasteiger partial charge in [0.2, 0.25) is 0 Å². The number of carboxylic acid groups (broad SMARTS) is 1. The summed E-state index contributed by atoms with van der Waals surface area (Å²) in [7, 11) is 1.45. The molecule has 1 aromatic rings. The van der Waals surface area contributed by atoms with Crippen LogP contribution >= 0.6 is 11.6 Å². The van der Waals surface area contributed by atoms with Crippen LogP contribution < -0.4 is 4.74 Å². The highest BCUT2D eigenvalue weighted by Crippen LogP contribution is 2.24. The van der Waals surface area contributed by atoms with Crippen molar-refractivity contribution in [2.75, 3.05) is 20.2 Å². The van der Waals surface area contributed by atoms with Gasteiger partial charge in [-0.2, -0.15) is 0 Å². The molecule has 0 spiro atoms. The highest BCUT2D eigenvalue weighted by Gasteiger charge is 2.21. The van der Waals surface area contributed by atoms with E-state index in [2.05, 4.69) is 0 Å². The maximum absolute atomic E-state index is 12.3. The van der Waals surface area contributed by atoms with Crippen molar-refractivity contribution in [2.45, 2.75) is 13.3 Å². The number of carbonyl (C=O) groups excluding carboxylic acids is 1. The fraction of sp³-hybridized carbons (Fsp3) is 0.385. The number of hydrogen-bond acceptors (Lipinski definition) is 3. The number of aliphatic carboxylic acids is 1. The molecule has 0 aromatic heterocycles. The van der Waals surface area contributed by atoms with Crippen LogP contribution in [0.3, 0.4) is 0 Å². The zero-order valence-corrected chi connectivity index (χ0v) is 11.6. The first-order valence-electron chi connectivity index (χ1n) is 5.84. The van der Waals surface area contributed by atoms with Gasteiger partial charge in [0.25, 0.3) is 5.91 Å². The van der Waals surface area contributed by atoms with Crippen LogP contribution in [0.25, 0.3) is 0 Å². The van der Waals surface area contributed by atoms with Gasteiger partial charge >= 0.3 is 5.97 Å². The Morgan fingerprint density at radius 1 is 1.42 bits per heavy atom. The molecule has 1 rings (SSSR count). The fourth-order valence-corrected chi connectivity index (χ4v) is 1.88. The second kappa shape index (κ2) is 6.99. The molecule has 0 saturated heterocycles. The third kappa shape index (κ3) is 4.13. The Kier molecular flexibility index (Phi) is 5.63. The van der Waals surface area contributed by atoms with Crippen LogP contribution in [0.15, 0.2) is 18.2 Å². The zero-order valence-electron chi connectivity index (χ0n) is 10.9. The second-order valence-corrected chi connectivity index (χ2v) is 4.40. The molecule has 5 nitrogen and oxygen atoms in total. The van der Waals surface area contributed by atoms with E-state index >= 15 is 0 Å². The lowest BCUT2D eigenvalue weighted by atomic mass is 10.1. The Morgan fingerprint density at radius 2 is 2.11 bits per heavy atom. The highest BCUT2D eigenvalue weighted by atomic mass is 35.5. The largest absolute Gasteiger partial charge is 0.496 e. The number of rotatable bonds is 6. The highest BCUT2D eigenvalue weighted by molar-refractivity contribution is 6.31. The molecule has 0 aliphatic heterocycles. The number of carbonyl (C=O) groups is 2. The summed E-state index contributed by atoms with van der Waals surface area (Å²) >= 11 is 5.86. The van der Waals surface area contributed by atoms with E-state index in [1.807, 2.05) is 6.92 Å². The molecular formula is C13H16ClNO4. The smallest absolute Gasteiger partial charge is 0.323 e. The maximum atomic E-state index is 12.3. The van der Waals surface area contributed by atoms with Crippen molar-refractivity contribution in [3.8, 4) is 5.75 Å². The summed E-state index contributed by atoms with van der Waals surface area (Å²) in [5, 5.41) is 9.24. The van der Waals surface area contributed by atoms with Crippen molar-refractivity contribution in [1.82, 2.24) is 4.90 Å². The first kappa shape index (κ1) is 15.3. The normalized spacial score (nSPS) is 10.1. The average Bonchev–Trinajstić information content (AvgIpc) is 2.37. The van der Waals surface area contributed by atoms with Gasteiger partial charge in [0.1, 0.15) is 12.3 Å². The van der Waals surface area contributed by atoms with Crippen molar-refractivity contribution in [2.24, 2.45) is 0 Å². The summed E-state index contributed by atoms with van der Waals surface area (Å²) in [4.78, 5) is 24.4. The predicted octanol–water partition coefficient (Wildman–Crippen LogP) is 2.29. The molecule has 0 radical (unpaired) electrons. The molecule has 0 aliphatic carbocycles. The molecule has 19 heavy (non-hydrogen) atoms.